The van der Waals surface area contributed by atoms with Gasteiger partial charge in [0, 0.05) is 30.5 Å². The van der Waals surface area contributed by atoms with E-state index in [1.165, 1.54) is 12.5 Å². The van der Waals surface area contributed by atoms with Gasteiger partial charge in [-0.05, 0) is 43.6 Å². The Kier molecular flexibility index (Phi) is 9.47. The van der Waals surface area contributed by atoms with Crippen molar-refractivity contribution in [1.29, 1.82) is 0 Å². The van der Waals surface area contributed by atoms with E-state index in [1.807, 2.05) is 54.6 Å². The van der Waals surface area contributed by atoms with Gasteiger partial charge in [-0.1, -0.05) is 55.0 Å². The number of nitrogens with zero attached hydrogens (tertiary/aromatic N) is 1. The molecule has 0 aromatic heterocycles. The van der Waals surface area contributed by atoms with E-state index >= 15 is 0 Å². The van der Waals surface area contributed by atoms with Gasteiger partial charge in [0.05, 0.1) is 13.2 Å². The molecule has 1 heterocycles. The Morgan fingerprint density at radius 1 is 1.06 bits per heavy atom. The molecule has 2 aromatic carbocycles. The molecule has 1 unspecified atom stereocenters. The lowest BCUT2D eigenvalue weighted by Crippen LogP contribution is -2.41. The number of para-hydroxylation sites is 1. The number of carbonyl (C=O) groups is 1. The van der Waals surface area contributed by atoms with Crippen LogP contribution in [0.4, 0.5) is 0 Å². The van der Waals surface area contributed by atoms with E-state index < -0.39 is 10.0 Å². The fourth-order valence-electron chi connectivity index (χ4n) is 3.99. The molecule has 1 aliphatic heterocycles. The lowest BCUT2D eigenvalue weighted by Gasteiger charge is -2.35. The van der Waals surface area contributed by atoms with Crippen molar-refractivity contribution < 1.29 is 17.9 Å². The monoisotopic (exact) mass is 471 g/mol. The van der Waals surface area contributed by atoms with Crippen molar-refractivity contribution in [3.63, 3.8) is 0 Å². The molecule has 8 heteroatoms. The first-order valence-electron chi connectivity index (χ1n) is 11.3. The molecule has 0 aliphatic carbocycles. The quantitative estimate of drug-likeness (QED) is 0.525. The summed E-state index contributed by atoms with van der Waals surface area (Å²) in [5.74, 6) is 0.613. The molecule has 3 rings (SSSR count). The number of hydrogen-bond donors (Lipinski definition) is 2. The van der Waals surface area contributed by atoms with E-state index in [2.05, 4.69) is 14.9 Å². The van der Waals surface area contributed by atoms with Gasteiger partial charge in [0.15, 0.2) is 0 Å². The zero-order valence-electron chi connectivity index (χ0n) is 19.1. The molecule has 1 fully saturated rings. The maximum atomic E-state index is 12.5. The lowest BCUT2D eigenvalue weighted by molar-refractivity contribution is -0.121. The Hall–Kier alpha value is -2.68. The average molecular weight is 472 g/mol. The minimum Gasteiger partial charge on any atom is -0.496 e. The molecule has 178 valence electrons. The number of amides is 1. The smallest absolute Gasteiger partial charge is 0.233 e. The molecule has 2 aromatic rings. The van der Waals surface area contributed by atoms with Crippen molar-refractivity contribution in [3.05, 3.63) is 71.1 Å². The van der Waals surface area contributed by atoms with Gasteiger partial charge in [0.25, 0.3) is 0 Å². The number of sulfonamides is 1. The second-order valence-electron chi connectivity index (χ2n) is 8.06. The first-order valence-corrected chi connectivity index (χ1v) is 12.9. The summed E-state index contributed by atoms with van der Waals surface area (Å²) in [7, 11) is -1.96. The summed E-state index contributed by atoms with van der Waals surface area (Å²) in [6.45, 7) is 2.44. The van der Waals surface area contributed by atoms with Crippen LogP contribution in [-0.2, 0) is 14.8 Å². The van der Waals surface area contributed by atoms with Crippen LogP contribution in [0.2, 0.25) is 0 Å². The predicted octanol–water partition coefficient (Wildman–Crippen LogP) is 3.32. The molecular weight excluding hydrogens is 438 g/mol. The number of ether oxygens (including phenoxy) is 1. The molecule has 1 amide bonds. The van der Waals surface area contributed by atoms with Crippen molar-refractivity contribution in [2.45, 2.75) is 31.7 Å². The van der Waals surface area contributed by atoms with Gasteiger partial charge in [0.1, 0.15) is 5.75 Å². The Bertz CT molecular complexity index is 1020. The predicted molar refractivity (Wildman–Crippen MR) is 131 cm³/mol. The van der Waals surface area contributed by atoms with E-state index in [0.29, 0.717) is 6.54 Å². The Morgan fingerprint density at radius 3 is 2.48 bits per heavy atom. The van der Waals surface area contributed by atoms with E-state index in [0.717, 1.165) is 48.2 Å². The molecule has 33 heavy (non-hydrogen) atoms. The van der Waals surface area contributed by atoms with Crippen LogP contribution in [0.3, 0.4) is 0 Å². The average Bonchev–Trinajstić information content (AvgIpc) is 2.84. The van der Waals surface area contributed by atoms with Gasteiger partial charge in [0.2, 0.25) is 15.9 Å². The number of benzene rings is 2. The molecule has 0 bridgehead atoms. The van der Waals surface area contributed by atoms with Crippen LogP contribution in [0.5, 0.6) is 5.75 Å². The SMILES string of the molecule is COc1ccccc1C(CNC(=O)CCNS(=O)(=O)C=Cc1ccccc1)N1CCCCC1. The Morgan fingerprint density at radius 2 is 1.76 bits per heavy atom. The van der Waals surface area contributed by atoms with Gasteiger partial charge in [-0.15, -0.1) is 0 Å². The number of nitrogens with one attached hydrogen (secondary N) is 2. The van der Waals surface area contributed by atoms with Crippen LogP contribution in [0, 0.1) is 0 Å². The zero-order valence-corrected chi connectivity index (χ0v) is 19.9. The van der Waals surface area contributed by atoms with Crippen LogP contribution in [0.1, 0.15) is 42.9 Å². The highest BCUT2D eigenvalue weighted by Crippen LogP contribution is 2.30. The molecule has 1 atom stereocenters. The second-order valence-corrected chi connectivity index (χ2v) is 9.71. The van der Waals surface area contributed by atoms with Gasteiger partial charge < -0.3 is 10.1 Å². The number of rotatable bonds is 11. The van der Waals surface area contributed by atoms with Crippen molar-refractivity contribution in [2.75, 3.05) is 33.3 Å². The van der Waals surface area contributed by atoms with Gasteiger partial charge >= 0.3 is 0 Å². The molecule has 2 N–H and O–H groups in total. The fourth-order valence-corrected chi connectivity index (χ4v) is 4.81. The molecular formula is C25H33N3O4S. The number of likely N-dealkylation sites (tertiary alicyclic amines) is 1. The van der Waals surface area contributed by atoms with Crippen molar-refractivity contribution in [3.8, 4) is 5.75 Å². The highest BCUT2D eigenvalue weighted by atomic mass is 32.2. The van der Waals surface area contributed by atoms with Gasteiger partial charge in [-0.2, -0.15) is 0 Å². The molecule has 1 aliphatic rings. The van der Waals surface area contributed by atoms with Crippen molar-refractivity contribution in [2.24, 2.45) is 0 Å². The third kappa shape index (κ3) is 7.99. The lowest BCUT2D eigenvalue weighted by atomic mass is 10.0. The number of piperidine rings is 1. The van der Waals surface area contributed by atoms with E-state index in [9.17, 15) is 13.2 Å². The topological polar surface area (TPSA) is 87.7 Å². The van der Waals surface area contributed by atoms with Crippen LogP contribution in [0.15, 0.2) is 60.0 Å². The summed E-state index contributed by atoms with van der Waals surface area (Å²) >= 11 is 0. The number of methoxy groups -OCH3 is 1. The Balaban J connectivity index is 1.53. The standard InChI is InChI=1S/C25H33N3O4S/c1-32-24-13-7-6-12-22(24)23(28-17-8-3-9-18-28)20-26-25(29)14-16-27-33(30,31)19-15-21-10-4-2-5-11-21/h2,4-7,10-13,15,19,23,27H,3,8-9,14,16-18,20H2,1H3,(H,26,29). The minimum absolute atomic E-state index is 0.0101. The summed E-state index contributed by atoms with van der Waals surface area (Å²) in [5, 5.41) is 4.10. The summed E-state index contributed by atoms with van der Waals surface area (Å²) in [6.07, 6.45) is 5.09. The molecule has 0 radical (unpaired) electrons. The summed E-state index contributed by atoms with van der Waals surface area (Å²) < 4.78 is 32.3. The number of carbonyl (C=O) groups excluding carboxylic acids is 1. The van der Waals surface area contributed by atoms with Crippen LogP contribution in [0.25, 0.3) is 6.08 Å². The first-order chi connectivity index (χ1) is 16.0. The second kappa shape index (κ2) is 12.5. The molecule has 0 spiro atoms. The van der Waals surface area contributed by atoms with Crippen LogP contribution < -0.4 is 14.8 Å². The third-order valence-corrected chi connectivity index (χ3v) is 6.82. The fraction of sp³-hybridized carbons (Fsp3) is 0.400. The summed E-state index contributed by atoms with van der Waals surface area (Å²) in [5.41, 5.74) is 1.84. The summed E-state index contributed by atoms with van der Waals surface area (Å²) in [6, 6.07) is 17.1. The van der Waals surface area contributed by atoms with Crippen molar-refractivity contribution >= 4 is 22.0 Å². The third-order valence-electron chi connectivity index (χ3n) is 5.72. The highest BCUT2D eigenvalue weighted by Gasteiger charge is 2.25. The first kappa shape index (κ1) is 25.0. The maximum absolute atomic E-state index is 12.5. The normalized spacial score (nSPS) is 15.9. The van der Waals surface area contributed by atoms with E-state index in [1.54, 1.807) is 7.11 Å². The maximum Gasteiger partial charge on any atom is 0.233 e. The van der Waals surface area contributed by atoms with E-state index in [4.69, 9.17) is 4.74 Å². The molecule has 0 saturated carbocycles. The number of hydrogen-bond acceptors (Lipinski definition) is 5. The largest absolute Gasteiger partial charge is 0.496 e. The molecule has 1 saturated heterocycles. The molecule has 7 nitrogen and oxygen atoms in total. The Labute approximate surface area is 196 Å². The summed E-state index contributed by atoms with van der Waals surface area (Å²) in [4.78, 5) is 14.9. The highest BCUT2D eigenvalue weighted by molar-refractivity contribution is 7.92. The van der Waals surface area contributed by atoms with Gasteiger partial charge in [-0.25, -0.2) is 13.1 Å². The van der Waals surface area contributed by atoms with Crippen LogP contribution in [-0.4, -0.2) is 52.5 Å². The van der Waals surface area contributed by atoms with Crippen molar-refractivity contribution in [1.82, 2.24) is 14.9 Å². The van der Waals surface area contributed by atoms with Crippen LogP contribution >= 0.6 is 0 Å². The van der Waals surface area contributed by atoms with Gasteiger partial charge in [-0.3, -0.25) is 9.69 Å². The zero-order chi connectivity index (χ0) is 23.5. The minimum atomic E-state index is -3.61. The van der Waals surface area contributed by atoms with E-state index in [-0.39, 0.29) is 24.9 Å².